The van der Waals surface area contributed by atoms with Crippen LogP contribution in [0.5, 0.6) is 0 Å². The van der Waals surface area contributed by atoms with Crippen molar-refractivity contribution in [2.24, 2.45) is 0 Å². The molecule has 0 amide bonds. The van der Waals surface area contributed by atoms with Gasteiger partial charge >= 0.3 is 0 Å². The third kappa shape index (κ3) is 3.35. The molecule has 0 bridgehead atoms. The molecule has 3 rings (SSSR count). The van der Waals surface area contributed by atoms with Crippen LogP contribution in [-0.4, -0.2) is 17.4 Å². The highest BCUT2D eigenvalue weighted by Crippen LogP contribution is 2.27. The van der Waals surface area contributed by atoms with E-state index in [9.17, 15) is 0 Å². The Morgan fingerprint density at radius 3 is 2.61 bits per heavy atom. The quantitative estimate of drug-likeness (QED) is 0.669. The Kier molecular flexibility index (Phi) is 4.58. The van der Waals surface area contributed by atoms with Crippen molar-refractivity contribution in [1.29, 1.82) is 5.26 Å². The minimum atomic E-state index is 0.649. The average Bonchev–Trinajstić information content (AvgIpc) is 3.14. The molecular formula is C19H16BN3. The maximum absolute atomic E-state index is 9.11. The zero-order chi connectivity index (χ0) is 16.1. The number of benzene rings is 2. The second kappa shape index (κ2) is 6.98. The Morgan fingerprint density at radius 2 is 1.96 bits per heavy atom. The highest BCUT2D eigenvalue weighted by Gasteiger charge is 2.07. The molecule has 0 N–H and O–H groups in total. The van der Waals surface area contributed by atoms with Gasteiger partial charge in [0, 0.05) is 18.1 Å². The van der Waals surface area contributed by atoms with Crippen molar-refractivity contribution < 1.29 is 0 Å². The van der Waals surface area contributed by atoms with Crippen LogP contribution < -0.4 is 0 Å². The van der Waals surface area contributed by atoms with Gasteiger partial charge < -0.3 is 4.57 Å². The zero-order valence-corrected chi connectivity index (χ0v) is 12.8. The molecular weight excluding hydrogens is 281 g/mol. The molecule has 4 heteroatoms. The van der Waals surface area contributed by atoms with Crippen molar-refractivity contribution in [3.63, 3.8) is 0 Å². The predicted octanol–water partition coefficient (Wildman–Crippen LogP) is 3.93. The standard InChI is InChI=1S/C19H16BN3/c20-9-1-2-17-12-15(13-21)3-8-19(17)16-4-6-18(7-5-16)23-11-10-22-14-23/h3-8,10-12,14H,1-2,9H2. The Hall–Kier alpha value is -2.80. The summed E-state index contributed by atoms with van der Waals surface area (Å²) in [5, 5.41) is 9.11. The van der Waals surface area contributed by atoms with Crippen molar-refractivity contribution >= 4 is 7.85 Å². The molecule has 0 spiro atoms. The van der Waals surface area contributed by atoms with Gasteiger partial charge in [0.05, 0.1) is 25.8 Å². The van der Waals surface area contributed by atoms with Crippen LogP contribution in [0.25, 0.3) is 16.8 Å². The molecule has 0 aliphatic heterocycles. The van der Waals surface area contributed by atoms with Gasteiger partial charge in [0.15, 0.2) is 0 Å². The summed E-state index contributed by atoms with van der Waals surface area (Å²) >= 11 is 0. The van der Waals surface area contributed by atoms with Crippen LogP contribution in [0.2, 0.25) is 6.32 Å². The summed E-state index contributed by atoms with van der Waals surface area (Å²) in [6, 6.07) is 16.4. The minimum absolute atomic E-state index is 0.649. The molecule has 0 aliphatic rings. The van der Waals surface area contributed by atoms with Gasteiger partial charge in [-0.2, -0.15) is 5.26 Å². The van der Waals surface area contributed by atoms with Crippen LogP contribution in [-0.2, 0) is 6.42 Å². The van der Waals surface area contributed by atoms with Crippen LogP contribution in [0.1, 0.15) is 17.5 Å². The number of hydrogen-bond acceptors (Lipinski definition) is 2. The third-order valence-corrected chi connectivity index (χ3v) is 3.87. The van der Waals surface area contributed by atoms with Crippen LogP contribution in [0.4, 0.5) is 0 Å². The largest absolute Gasteiger partial charge is 0.306 e. The number of imidazole rings is 1. The van der Waals surface area contributed by atoms with Gasteiger partial charge in [-0.25, -0.2) is 4.98 Å². The summed E-state index contributed by atoms with van der Waals surface area (Å²) in [5.41, 5.74) is 5.24. The molecule has 110 valence electrons. The van der Waals surface area contributed by atoms with Gasteiger partial charge in [-0.1, -0.05) is 30.9 Å². The lowest BCUT2D eigenvalue weighted by Gasteiger charge is -2.11. The van der Waals surface area contributed by atoms with Gasteiger partial charge in [-0.05, 0) is 47.4 Å². The zero-order valence-electron chi connectivity index (χ0n) is 12.8. The van der Waals surface area contributed by atoms with E-state index in [4.69, 9.17) is 13.1 Å². The van der Waals surface area contributed by atoms with E-state index in [-0.39, 0.29) is 0 Å². The lowest BCUT2D eigenvalue weighted by molar-refractivity contribution is 0.920. The van der Waals surface area contributed by atoms with Gasteiger partial charge in [-0.3, -0.25) is 0 Å². The third-order valence-electron chi connectivity index (χ3n) is 3.87. The average molecular weight is 297 g/mol. The molecule has 3 aromatic rings. The second-order valence-electron chi connectivity index (χ2n) is 5.39. The van der Waals surface area contributed by atoms with Gasteiger partial charge in [-0.15, -0.1) is 0 Å². The number of aryl methyl sites for hydroxylation is 1. The maximum Gasteiger partial charge on any atom is 0.0991 e. The topological polar surface area (TPSA) is 41.6 Å². The Morgan fingerprint density at radius 1 is 1.13 bits per heavy atom. The second-order valence-corrected chi connectivity index (χ2v) is 5.39. The van der Waals surface area contributed by atoms with Crippen molar-refractivity contribution in [3.05, 3.63) is 72.3 Å². The summed E-state index contributed by atoms with van der Waals surface area (Å²) in [6.45, 7) is 0. The van der Waals surface area contributed by atoms with E-state index >= 15 is 0 Å². The fraction of sp³-hybridized carbons (Fsp3) is 0.158. The first-order valence-corrected chi connectivity index (χ1v) is 7.63. The van der Waals surface area contributed by atoms with Crippen LogP contribution >= 0.6 is 0 Å². The summed E-state index contributed by atoms with van der Waals surface area (Å²) in [7, 11) is 5.64. The van der Waals surface area contributed by atoms with Gasteiger partial charge in [0.1, 0.15) is 0 Å². The first kappa shape index (κ1) is 15.1. The van der Waals surface area contributed by atoms with Gasteiger partial charge in [0.25, 0.3) is 0 Å². The van der Waals surface area contributed by atoms with E-state index in [1.165, 1.54) is 5.56 Å². The van der Waals surface area contributed by atoms with E-state index in [2.05, 4.69) is 35.3 Å². The molecule has 2 aromatic carbocycles. The van der Waals surface area contributed by atoms with E-state index in [0.717, 1.165) is 29.7 Å². The lowest BCUT2D eigenvalue weighted by Crippen LogP contribution is -1.94. The molecule has 0 saturated heterocycles. The summed E-state index contributed by atoms with van der Waals surface area (Å²) in [4.78, 5) is 4.07. The van der Waals surface area contributed by atoms with E-state index in [1.807, 2.05) is 29.0 Å². The Labute approximate surface area is 137 Å². The summed E-state index contributed by atoms with van der Waals surface area (Å²) < 4.78 is 1.97. The van der Waals surface area contributed by atoms with Crippen LogP contribution in [0.15, 0.2) is 61.2 Å². The van der Waals surface area contributed by atoms with Crippen molar-refractivity contribution in [2.75, 3.05) is 0 Å². The fourth-order valence-electron chi connectivity index (χ4n) is 2.67. The molecule has 3 nitrogen and oxygen atoms in total. The highest BCUT2D eigenvalue weighted by molar-refractivity contribution is 6.08. The van der Waals surface area contributed by atoms with Crippen LogP contribution in [0.3, 0.4) is 0 Å². The smallest absolute Gasteiger partial charge is 0.0991 e. The molecule has 0 saturated carbocycles. The monoisotopic (exact) mass is 297 g/mol. The number of nitrogens with zero attached hydrogens (tertiary/aromatic N) is 3. The Balaban J connectivity index is 1.95. The van der Waals surface area contributed by atoms with Crippen molar-refractivity contribution in [2.45, 2.75) is 19.2 Å². The number of nitriles is 1. The predicted molar refractivity (Wildman–Crippen MR) is 92.6 cm³/mol. The number of hydrogen-bond donors (Lipinski definition) is 0. The van der Waals surface area contributed by atoms with Crippen molar-refractivity contribution in [1.82, 2.24) is 9.55 Å². The molecule has 0 fully saturated rings. The van der Waals surface area contributed by atoms with E-state index < -0.39 is 0 Å². The number of aromatic nitrogens is 2. The minimum Gasteiger partial charge on any atom is -0.306 e. The fourth-order valence-corrected chi connectivity index (χ4v) is 2.67. The number of rotatable bonds is 5. The first-order valence-electron chi connectivity index (χ1n) is 7.63. The van der Waals surface area contributed by atoms with E-state index in [1.54, 1.807) is 12.5 Å². The first-order chi connectivity index (χ1) is 11.3. The molecule has 0 atom stereocenters. The lowest BCUT2D eigenvalue weighted by atomic mass is 9.91. The molecule has 1 aromatic heterocycles. The normalized spacial score (nSPS) is 10.4. The maximum atomic E-state index is 9.11. The SMILES string of the molecule is [B]CCCc1cc(C#N)ccc1-c1ccc(-n2ccnc2)cc1. The van der Waals surface area contributed by atoms with E-state index in [0.29, 0.717) is 11.9 Å². The molecule has 0 aliphatic carbocycles. The molecule has 2 radical (unpaired) electrons. The van der Waals surface area contributed by atoms with Crippen molar-refractivity contribution in [3.8, 4) is 22.9 Å². The Bertz CT molecular complexity index is 815. The summed E-state index contributed by atoms with van der Waals surface area (Å²) in [5.74, 6) is 0. The molecule has 1 heterocycles. The summed E-state index contributed by atoms with van der Waals surface area (Å²) in [6.07, 6.45) is 7.90. The molecule has 23 heavy (non-hydrogen) atoms. The highest BCUT2D eigenvalue weighted by atomic mass is 15.0. The molecule has 0 unspecified atom stereocenters. The van der Waals surface area contributed by atoms with Gasteiger partial charge in [0.2, 0.25) is 0 Å². The van der Waals surface area contributed by atoms with Crippen LogP contribution in [0, 0.1) is 11.3 Å².